The molecule has 0 saturated heterocycles. The number of aldehydes is 1. The lowest BCUT2D eigenvalue weighted by atomic mass is 10.0. The molecule has 0 aromatic heterocycles. The van der Waals surface area contributed by atoms with E-state index in [-0.39, 0.29) is 6.42 Å². The third-order valence-corrected chi connectivity index (χ3v) is 2.80. The summed E-state index contributed by atoms with van der Waals surface area (Å²) in [7, 11) is 3.07. The molecule has 0 aliphatic carbocycles. The molecule has 6 nitrogen and oxygen atoms in total. The van der Waals surface area contributed by atoms with E-state index in [1.165, 1.54) is 14.2 Å². The molecule has 0 bridgehead atoms. The van der Waals surface area contributed by atoms with Crippen LogP contribution >= 0.6 is 0 Å². The third-order valence-electron chi connectivity index (χ3n) is 2.80. The van der Waals surface area contributed by atoms with Crippen molar-refractivity contribution in [3.05, 3.63) is 23.8 Å². The van der Waals surface area contributed by atoms with Gasteiger partial charge in [-0.25, -0.2) is 4.79 Å². The van der Waals surface area contributed by atoms with Gasteiger partial charge in [-0.2, -0.15) is 0 Å². The molecule has 0 radical (unpaired) electrons. The van der Waals surface area contributed by atoms with Gasteiger partial charge in [-0.05, 0) is 38.5 Å². The maximum absolute atomic E-state index is 11.9. The second kappa shape index (κ2) is 7.68. The highest BCUT2D eigenvalue weighted by atomic mass is 16.6. The zero-order valence-corrected chi connectivity index (χ0v) is 13.6. The van der Waals surface area contributed by atoms with Crippen LogP contribution in [0, 0.1) is 0 Å². The van der Waals surface area contributed by atoms with Crippen molar-refractivity contribution < 1.29 is 23.8 Å². The Balaban J connectivity index is 2.99. The number of nitrogens with one attached hydrogen (secondary N) is 1. The predicted octanol–water partition coefficient (Wildman–Crippen LogP) is 2.86. The maximum atomic E-state index is 11.9. The van der Waals surface area contributed by atoms with Gasteiger partial charge in [0.15, 0.2) is 0 Å². The largest absolute Gasteiger partial charge is 0.497 e. The number of carbonyl (C=O) groups is 2. The van der Waals surface area contributed by atoms with E-state index in [0.29, 0.717) is 17.1 Å². The van der Waals surface area contributed by atoms with Crippen LogP contribution in [-0.2, 0) is 9.53 Å². The summed E-state index contributed by atoms with van der Waals surface area (Å²) in [5.74, 6) is 1.16. The standard InChI is InChI=1S/C16H23NO5/c1-16(2,3)22-15(19)17-14(6-7-18)11-8-12(20-4)10-13(9-11)21-5/h7-10,14H,6H2,1-5H3,(H,17,19)/t14-/m0/s1. The fourth-order valence-electron chi connectivity index (χ4n) is 1.86. The van der Waals surface area contributed by atoms with Crippen molar-refractivity contribution in [3.8, 4) is 11.5 Å². The van der Waals surface area contributed by atoms with Crippen LogP contribution in [0.15, 0.2) is 18.2 Å². The van der Waals surface area contributed by atoms with Gasteiger partial charge in [0.25, 0.3) is 0 Å². The van der Waals surface area contributed by atoms with Crippen LogP contribution in [0.2, 0.25) is 0 Å². The average Bonchev–Trinajstić information content (AvgIpc) is 2.44. The molecule has 0 spiro atoms. The fraction of sp³-hybridized carbons (Fsp3) is 0.500. The van der Waals surface area contributed by atoms with Crippen LogP contribution in [0.3, 0.4) is 0 Å². The Bertz CT molecular complexity index is 500. The number of rotatable bonds is 6. The number of hydrogen-bond donors (Lipinski definition) is 1. The molecular formula is C16H23NO5. The molecule has 22 heavy (non-hydrogen) atoms. The van der Waals surface area contributed by atoms with Crippen molar-refractivity contribution >= 4 is 12.4 Å². The summed E-state index contributed by atoms with van der Waals surface area (Å²) >= 11 is 0. The monoisotopic (exact) mass is 309 g/mol. The van der Waals surface area contributed by atoms with Crippen LogP contribution in [0.1, 0.15) is 38.8 Å². The second-order valence-corrected chi connectivity index (χ2v) is 5.75. The van der Waals surface area contributed by atoms with Crippen LogP contribution in [0.25, 0.3) is 0 Å². The lowest BCUT2D eigenvalue weighted by Crippen LogP contribution is -2.35. The van der Waals surface area contributed by atoms with E-state index in [9.17, 15) is 9.59 Å². The summed E-state index contributed by atoms with van der Waals surface area (Å²) in [4.78, 5) is 22.8. The minimum Gasteiger partial charge on any atom is -0.497 e. The summed E-state index contributed by atoms with van der Waals surface area (Å²) in [5, 5.41) is 2.69. The van der Waals surface area contributed by atoms with E-state index in [4.69, 9.17) is 14.2 Å². The van der Waals surface area contributed by atoms with Crippen molar-refractivity contribution in [1.82, 2.24) is 5.32 Å². The minimum atomic E-state index is -0.609. The molecule has 1 aromatic carbocycles. The van der Waals surface area contributed by atoms with Crippen LogP contribution in [0.5, 0.6) is 11.5 Å². The normalized spacial score (nSPS) is 12.2. The molecule has 0 saturated carbocycles. The Morgan fingerprint density at radius 3 is 2.14 bits per heavy atom. The number of amides is 1. The van der Waals surface area contributed by atoms with Gasteiger partial charge < -0.3 is 24.3 Å². The Labute approximate surface area is 130 Å². The smallest absolute Gasteiger partial charge is 0.408 e. The van der Waals surface area contributed by atoms with Gasteiger partial charge in [-0.15, -0.1) is 0 Å². The van der Waals surface area contributed by atoms with Crippen LogP contribution in [-0.4, -0.2) is 32.2 Å². The molecule has 1 aromatic rings. The summed E-state index contributed by atoms with van der Waals surface area (Å²) in [6.07, 6.45) is 0.282. The number of hydrogen-bond acceptors (Lipinski definition) is 5. The maximum Gasteiger partial charge on any atom is 0.408 e. The molecule has 0 fully saturated rings. The lowest BCUT2D eigenvalue weighted by molar-refractivity contribution is -0.108. The summed E-state index contributed by atoms with van der Waals surface area (Å²) in [6, 6.07) is 4.69. The Hall–Kier alpha value is -2.24. The highest BCUT2D eigenvalue weighted by Crippen LogP contribution is 2.27. The fourth-order valence-corrected chi connectivity index (χ4v) is 1.86. The van der Waals surface area contributed by atoms with Crippen molar-refractivity contribution in [2.75, 3.05) is 14.2 Å². The zero-order chi connectivity index (χ0) is 16.8. The summed E-state index contributed by atoms with van der Waals surface area (Å²) < 4.78 is 15.6. The van der Waals surface area contributed by atoms with E-state index < -0.39 is 17.7 Å². The van der Waals surface area contributed by atoms with E-state index in [0.717, 1.165) is 6.29 Å². The predicted molar refractivity (Wildman–Crippen MR) is 82.3 cm³/mol. The molecule has 122 valence electrons. The van der Waals surface area contributed by atoms with Crippen molar-refractivity contribution in [3.63, 3.8) is 0 Å². The van der Waals surface area contributed by atoms with Gasteiger partial charge in [0.05, 0.1) is 20.3 Å². The number of alkyl carbamates (subject to hydrolysis) is 1. The molecule has 0 unspecified atom stereocenters. The third kappa shape index (κ3) is 5.63. The van der Waals surface area contributed by atoms with E-state index in [1.807, 2.05) is 0 Å². The van der Waals surface area contributed by atoms with E-state index in [2.05, 4.69) is 5.32 Å². The molecule has 1 N–H and O–H groups in total. The Morgan fingerprint density at radius 2 is 1.73 bits per heavy atom. The topological polar surface area (TPSA) is 73.9 Å². The second-order valence-electron chi connectivity index (χ2n) is 5.75. The first-order valence-corrected chi connectivity index (χ1v) is 6.95. The molecule has 1 rings (SSSR count). The minimum absolute atomic E-state index is 0.121. The average molecular weight is 309 g/mol. The number of methoxy groups -OCH3 is 2. The van der Waals surface area contributed by atoms with Gasteiger partial charge in [-0.3, -0.25) is 0 Å². The molecule has 0 aliphatic heterocycles. The first-order chi connectivity index (χ1) is 10.3. The summed E-state index contributed by atoms with van der Waals surface area (Å²) in [5.41, 5.74) is 0.0937. The van der Waals surface area contributed by atoms with Crippen molar-refractivity contribution in [2.45, 2.75) is 38.8 Å². The first kappa shape index (κ1) is 17.8. The van der Waals surface area contributed by atoms with E-state index >= 15 is 0 Å². The number of benzene rings is 1. The molecule has 0 aliphatic rings. The Morgan fingerprint density at radius 1 is 1.18 bits per heavy atom. The van der Waals surface area contributed by atoms with Crippen LogP contribution in [0.4, 0.5) is 4.79 Å². The molecule has 1 atom stereocenters. The molecule has 0 heterocycles. The lowest BCUT2D eigenvalue weighted by Gasteiger charge is -2.23. The Kier molecular flexibility index (Phi) is 6.22. The number of ether oxygens (including phenoxy) is 3. The first-order valence-electron chi connectivity index (χ1n) is 6.95. The zero-order valence-electron chi connectivity index (χ0n) is 13.6. The SMILES string of the molecule is COc1cc(OC)cc([C@H](CC=O)NC(=O)OC(C)(C)C)c1. The summed E-state index contributed by atoms with van der Waals surface area (Å²) in [6.45, 7) is 5.32. The van der Waals surface area contributed by atoms with Crippen molar-refractivity contribution in [2.24, 2.45) is 0 Å². The van der Waals surface area contributed by atoms with Gasteiger partial charge >= 0.3 is 6.09 Å². The van der Waals surface area contributed by atoms with Gasteiger partial charge in [0.1, 0.15) is 23.4 Å². The highest BCUT2D eigenvalue weighted by molar-refractivity contribution is 5.69. The molecule has 6 heteroatoms. The van der Waals surface area contributed by atoms with Gasteiger partial charge in [0.2, 0.25) is 0 Å². The van der Waals surface area contributed by atoms with E-state index in [1.54, 1.807) is 39.0 Å². The molecule has 1 amide bonds. The highest BCUT2D eigenvalue weighted by Gasteiger charge is 2.21. The van der Waals surface area contributed by atoms with Crippen LogP contribution < -0.4 is 14.8 Å². The van der Waals surface area contributed by atoms with Crippen molar-refractivity contribution in [1.29, 1.82) is 0 Å². The quantitative estimate of drug-likeness (QED) is 0.818. The van der Waals surface area contributed by atoms with Gasteiger partial charge in [0, 0.05) is 12.5 Å². The van der Waals surface area contributed by atoms with Gasteiger partial charge in [-0.1, -0.05) is 0 Å². The number of carbonyl (C=O) groups excluding carboxylic acids is 2. The molecular weight excluding hydrogens is 286 g/mol.